The van der Waals surface area contributed by atoms with Crippen LogP contribution < -0.4 is 10.6 Å². The van der Waals surface area contributed by atoms with Gasteiger partial charge in [0.1, 0.15) is 0 Å². The van der Waals surface area contributed by atoms with Gasteiger partial charge in [0, 0.05) is 16.1 Å². The topological polar surface area (TPSA) is 41.1 Å². The highest BCUT2D eigenvalue weighted by Gasteiger charge is 2.26. The highest BCUT2D eigenvalue weighted by molar-refractivity contribution is 6.33. The SMILES string of the molecule is C=C[C@H]1CCN[C@H](C(=O)Nc2cccc(-c3ccccc3Cl)c2F)C1. The van der Waals surface area contributed by atoms with Crippen LogP contribution in [-0.4, -0.2) is 18.5 Å². The lowest BCUT2D eigenvalue weighted by molar-refractivity contribution is -0.118. The second-order valence-electron chi connectivity index (χ2n) is 6.16. The monoisotopic (exact) mass is 358 g/mol. The van der Waals surface area contributed by atoms with E-state index in [9.17, 15) is 9.18 Å². The van der Waals surface area contributed by atoms with E-state index in [1.807, 2.05) is 6.08 Å². The van der Waals surface area contributed by atoms with Crippen LogP contribution in [0.3, 0.4) is 0 Å². The number of rotatable bonds is 4. The Kier molecular flexibility index (Phi) is 5.51. The van der Waals surface area contributed by atoms with E-state index in [2.05, 4.69) is 17.2 Å². The van der Waals surface area contributed by atoms with Crippen molar-refractivity contribution < 1.29 is 9.18 Å². The molecule has 5 heteroatoms. The molecule has 1 aliphatic rings. The van der Waals surface area contributed by atoms with Crippen molar-refractivity contribution >= 4 is 23.2 Å². The highest BCUT2D eigenvalue weighted by Crippen LogP contribution is 2.32. The fourth-order valence-corrected chi connectivity index (χ4v) is 3.33. The van der Waals surface area contributed by atoms with Crippen molar-refractivity contribution in [3.63, 3.8) is 0 Å². The van der Waals surface area contributed by atoms with E-state index in [1.165, 1.54) is 0 Å². The van der Waals surface area contributed by atoms with Crippen LogP contribution in [0.1, 0.15) is 12.8 Å². The van der Waals surface area contributed by atoms with Gasteiger partial charge in [-0.15, -0.1) is 6.58 Å². The molecule has 0 radical (unpaired) electrons. The first kappa shape index (κ1) is 17.6. The van der Waals surface area contributed by atoms with Gasteiger partial charge < -0.3 is 10.6 Å². The molecule has 1 amide bonds. The average Bonchev–Trinajstić information content (AvgIpc) is 2.64. The predicted octanol–water partition coefficient (Wildman–Crippen LogP) is 4.64. The molecule has 1 aliphatic heterocycles. The van der Waals surface area contributed by atoms with Gasteiger partial charge in [0.15, 0.2) is 5.82 Å². The summed E-state index contributed by atoms with van der Waals surface area (Å²) >= 11 is 6.17. The Hall–Kier alpha value is -2.17. The van der Waals surface area contributed by atoms with Crippen molar-refractivity contribution in [1.29, 1.82) is 0 Å². The third-order valence-corrected chi connectivity index (χ3v) is 4.84. The van der Waals surface area contributed by atoms with Crippen LogP contribution >= 0.6 is 11.6 Å². The molecule has 0 saturated carbocycles. The Morgan fingerprint density at radius 1 is 1.24 bits per heavy atom. The van der Waals surface area contributed by atoms with E-state index in [-0.39, 0.29) is 17.6 Å². The molecule has 130 valence electrons. The largest absolute Gasteiger partial charge is 0.322 e. The summed E-state index contributed by atoms with van der Waals surface area (Å²) in [6, 6.07) is 11.6. The highest BCUT2D eigenvalue weighted by atomic mass is 35.5. The molecule has 2 aromatic rings. The molecule has 1 saturated heterocycles. The zero-order chi connectivity index (χ0) is 17.8. The Morgan fingerprint density at radius 2 is 2.00 bits per heavy atom. The lowest BCUT2D eigenvalue weighted by atomic mass is 9.92. The molecular formula is C20H20ClFN2O. The van der Waals surface area contributed by atoms with Crippen molar-refractivity contribution in [2.75, 3.05) is 11.9 Å². The molecule has 0 spiro atoms. The van der Waals surface area contributed by atoms with Crippen LogP contribution in [0.15, 0.2) is 55.1 Å². The third kappa shape index (κ3) is 3.91. The van der Waals surface area contributed by atoms with Crippen molar-refractivity contribution in [1.82, 2.24) is 5.32 Å². The van der Waals surface area contributed by atoms with Crippen LogP contribution in [0.5, 0.6) is 0 Å². The molecule has 2 atom stereocenters. The van der Waals surface area contributed by atoms with Crippen molar-refractivity contribution in [2.24, 2.45) is 5.92 Å². The van der Waals surface area contributed by atoms with E-state index in [0.29, 0.717) is 28.5 Å². The molecule has 0 bridgehead atoms. The molecule has 2 aromatic carbocycles. The van der Waals surface area contributed by atoms with Crippen molar-refractivity contribution in [3.8, 4) is 11.1 Å². The van der Waals surface area contributed by atoms with E-state index >= 15 is 0 Å². The molecule has 1 heterocycles. The smallest absolute Gasteiger partial charge is 0.241 e. The zero-order valence-electron chi connectivity index (χ0n) is 13.8. The Labute approximate surface area is 151 Å². The zero-order valence-corrected chi connectivity index (χ0v) is 14.5. The molecular weight excluding hydrogens is 339 g/mol. The van der Waals surface area contributed by atoms with Gasteiger partial charge in [0.25, 0.3) is 0 Å². The average molecular weight is 359 g/mol. The predicted molar refractivity (Wildman–Crippen MR) is 100 cm³/mol. The Morgan fingerprint density at radius 3 is 2.76 bits per heavy atom. The van der Waals surface area contributed by atoms with Crippen LogP contribution in [0.25, 0.3) is 11.1 Å². The van der Waals surface area contributed by atoms with E-state index in [0.717, 1.165) is 13.0 Å². The fourth-order valence-electron chi connectivity index (χ4n) is 3.10. The van der Waals surface area contributed by atoms with Gasteiger partial charge in [-0.2, -0.15) is 0 Å². The van der Waals surface area contributed by atoms with Crippen LogP contribution in [0.2, 0.25) is 5.02 Å². The van der Waals surface area contributed by atoms with Crippen molar-refractivity contribution in [3.05, 3.63) is 66.0 Å². The minimum absolute atomic E-state index is 0.157. The number of hydrogen-bond acceptors (Lipinski definition) is 2. The van der Waals surface area contributed by atoms with Gasteiger partial charge in [-0.05, 0) is 37.4 Å². The molecule has 0 aromatic heterocycles. The van der Waals surface area contributed by atoms with Crippen LogP contribution in [-0.2, 0) is 4.79 Å². The van der Waals surface area contributed by atoms with Crippen LogP contribution in [0.4, 0.5) is 10.1 Å². The number of nitrogens with one attached hydrogen (secondary N) is 2. The number of anilines is 1. The van der Waals surface area contributed by atoms with E-state index in [1.54, 1.807) is 42.5 Å². The summed E-state index contributed by atoms with van der Waals surface area (Å²) < 4.78 is 14.9. The molecule has 2 N–H and O–H groups in total. The minimum atomic E-state index is -0.486. The maximum atomic E-state index is 14.9. The van der Waals surface area contributed by atoms with Gasteiger partial charge in [0.05, 0.1) is 11.7 Å². The number of carbonyl (C=O) groups excluding carboxylic acids is 1. The lowest BCUT2D eigenvalue weighted by Gasteiger charge is -2.27. The molecule has 3 nitrogen and oxygen atoms in total. The standard InChI is InChI=1S/C20H20ClFN2O/c1-2-13-10-11-23-18(12-13)20(25)24-17-9-5-7-15(19(17)22)14-6-3-4-8-16(14)21/h2-9,13,18,23H,1,10-12H2,(H,24,25)/t13-,18-/m0/s1. The summed E-state index contributed by atoms with van der Waals surface area (Å²) in [7, 11) is 0. The number of halogens is 2. The summed E-state index contributed by atoms with van der Waals surface area (Å²) in [5.41, 5.74) is 1.12. The Bertz CT molecular complexity index is 793. The Balaban J connectivity index is 1.82. The number of benzene rings is 2. The molecule has 0 unspecified atom stereocenters. The van der Waals surface area contributed by atoms with Gasteiger partial charge in [0.2, 0.25) is 5.91 Å². The first-order chi connectivity index (χ1) is 12.1. The molecule has 1 fully saturated rings. The molecule has 25 heavy (non-hydrogen) atoms. The summed E-state index contributed by atoms with van der Waals surface area (Å²) in [6.45, 7) is 4.54. The number of allylic oxidation sites excluding steroid dienone is 1. The van der Waals surface area contributed by atoms with Gasteiger partial charge in [-0.1, -0.05) is 48.0 Å². The fraction of sp³-hybridized carbons (Fsp3) is 0.250. The normalized spacial score (nSPS) is 20.1. The number of piperidine rings is 1. The second-order valence-corrected chi connectivity index (χ2v) is 6.57. The molecule has 3 rings (SSSR count). The third-order valence-electron chi connectivity index (χ3n) is 4.51. The summed E-state index contributed by atoms with van der Waals surface area (Å²) in [4.78, 5) is 12.5. The maximum Gasteiger partial charge on any atom is 0.241 e. The van der Waals surface area contributed by atoms with E-state index in [4.69, 9.17) is 11.6 Å². The van der Waals surface area contributed by atoms with Gasteiger partial charge in [-0.25, -0.2) is 4.39 Å². The first-order valence-corrected chi connectivity index (χ1v) is 8.68. The van der Waals surface area contributed by atoms with Gasteiger partial charge >= 0.3 is 0 Å². The second kappa shape index (κ2) is 7.81. The van der Waals surface area contributed by atoms with Gasteiger partial charge in [-0.3, -0.25) is 4.79 Å². The van der Waals surface area contributed by atoms with E-state index < -0.39 is 5.82 Å². The maximum absolute atomic E-state index is 14.9. The molecule has 0 aliphatic carbocycles. The number of hydrogen-bond donors (Lipinski definition) is 2. The van der Waals surface area contributed by atoms with Crippen molar-refractivity contribution in [2.45, 2.75) is 18.9 Å². The quantitative estimate of drug-likeness (QED) is 0.782. The number of amides is 1. The minimum Gasteiger partial charge on any atom is -0.322 e. The summed E-state index contributed by atoms with van der Waals surface area (Å²) in [6.07, 6.45) is 3.50. The summed E-state index contributed by atoms with van der Waals surface area (Å²) in [5, 5.41) is 6.34. The number of carbonyl (C=O) groups is 1. The lowest BCUT2D eigenvalue weighted by Crippen LogP contribution is -2.45. The van der Waals surface area contributed by atoms with Crippen LogP contribution in [0, 0.1) is 11.7 Å². The first-order valence-electron chi connectivity index (χ1n) is 8.30. The summed E-state index contributed by atoms with van der Waals surface area (Å²) in [5.74, 6) is -0.418.